The Kier molecular flexibility index (Phi) is 3.69. The van der Waals surface area contributed by atoms with Crippen LogP contribution in [0.15, 0.2) is 0 Å². The van der Waals surface area contributed by atoms with Crippen molar-refractivity contribution in [2.24, 2.45) is 0 Å². The van der Waals surface area contributed by atoms with E-state index in [0.717, 1.165) is 0 Å². The SMILES string of the molecule is O=P1(O)OCCC1C[C@@H]1C[C@H](O)[C@H](O)CO1. The summed E-state index contributed by atoms with van der Waals surface area (Å²) in [7, 11) is -3.48. The van der Waals surface area contributed by atoms with Crippen LogP contribution in [-0.2, 0) is 13.8 Å². The van der Waals surface area contributed by atoms with Gasteiger partial charge in [0.25, 0.3) is 0 Å². The van der Waals surface area contributed by atoms with Crippen LogP contribution in [0.3, 0.4) is 0 Å². The Morgan fingerprint density at radius 3 is 2.62 bits per heavy atom. The number of hydrogen-bond acceptors (Lipinski definition) is 5. The van der Waals surface area contributed by atoms with E-state index in [9.17, 15) is 19.7 Å². The van der Waals surface area contributed by atoms with Crippen LogP contribution < -0.4 is 0 Å². The second-order valence-electron chi connectivity index (χ2n) is 4.40. The highest BCUT2D eigenvalue weighted by Gasteiger charge is 2.41. The molecule has 6 nitrogen and oxygen atoms in total. The zero-order valence-electron chi connectivity index (χ0n) is 8.86. The molecule has 16 heavy (non-hydrogen) atoms. The van der Waals surface area contributed by atoms with Gasteiger partial charge in [-0.2, -0.15) is 0 Å². The van der Waals surface area contributed by atoms with E-state index in [1.165, 1.54) is 0 Å². The summed E-state index contributed by atoms with van der Waals surface area (Å²) in [5, 5.41) is 18.7. The molecule has 2 rings (SSSR count). The summed E-state index contributed by atoms with van der Waals surface area (Å²) < 4.78 is 21.6. The summed E-state index contributed by atoms with van der Waals surface area (Å²) in [6.45, 7) is 0.380. The van der Waals surface area contributed by atoms with Gasteiger partial charge in [-0.15, -0.1) is 0 Å². The predicted octanol–water partition coefficient (Wildman–Crippen LogP) is -0.139. The lowest BCUT2D eigenvalue weighted by Gasteiger charge is -2.31. The molecule has 2 aliphatic heterocycles. The first-order chi connectivity index (χ1) is 7.49. The largest absolute Gasteiger partial charge is 0.390 e. The number of ether oxygens (including phenoxy) is 1. The first kappa shape index (κ1) is 12.5. The van der Waals surface area contributed by atoms with Crippen LogP contribution in [0.5, 0.6) is 0 Å². The van der Waals surface area contributed by atoms with E-state index in [1.54, 1.807) is 0 Å². The molecule has 0 amide bonds. The fourth-order valence-electron chi connectivity index (χ4n) is 2.15. The topological polar surface area (TPSA) is 96.2 Å². The molecule has 2 aliphatic rings. The van der Waals surface area contributed by atoms with Crippen molar-refractivity contribution < 1.29 is 28.9 Å². The lowest BCUT2D eigenvalue weighted by molar-refractivity contribution is -0.122. The molecule has 0 radical (unpaired) electrons. The van der Waals surface area contributed by atoms with Crippen molar-refractivity contribution in [3.05, 3.63) is 0 Å². The number of rotatable bonds is 2. The second-order valence-corrected chi connectivity index (χ2v) is 6.52. The zero-order valence-corrected chi connectivity index (χ0v) is 9.75. The minimum absolute atomic E-state index is 0.0785. The van der Waals surface area contributed by atoms with Crippen LogP contribution in [0.4, 0.5) is 0 Å². The van der Waals surface area contributed by atoms with Gasteiger partial charge < -0.3 is 24.4 Å². The van der Waals surface area contributed by atoms with Gasteiger partial charge in [0.2, 0.25) is 0 Å². The maximum absolute atomic E-state index is 11.5. The summed E-state index contributed by atoms with van der Waals surface area (Å²) in [6.07, 6.45) is -0.677. The van der Waals surface area contributed by atoms with Gasteiger partial charge in [-0.3, -0.25) is 4.57 Å². The Labute approximate surface area is 93.7 Å². The monoisotopic (exact) mass is 252 g/mol. The van der Waals surface area contributed by atoms with Crippen molar-refractivity contribution in [3.8, 4) is 0 Å². The highest BCUT2D eigenvalue weighted by Crippen LogP contribution is 2.55. The standard InChI is InChI=1S/C9H17O6P/c10-8-4-6(14-5-9(8)11)3-7-1-2-15-16(7,12)13/h6-11H,1-5H2,(H,12,13)/t6-,7?,8+,9-/m1/s1. The smallest absolute Gasteiger partial charge is 0.331 e. The molecule has 0 aromatic carbocycles. The van der Waals surface area contributed by atoms with Crippen LogP contribution >= 0.6 is 7.60 Å². The van der Waals surface area contributed by atoms with Crippen molar-refractivity contribution in [3.63, 3.8) is 0 Å². The van der Waals surface area contributed by atoms with Crippen molar-refractivity contribution in [1.29, 1.82) is 0 Å². The van der Waals surface area contributed by atoms with Gasteiger partial charge in [0.05, 0.1) is 31.1 Å². The van der Waals surface area contributed by atoms with Gasteiger partial charge >= 0.3 is 7.60 Å². The Bertz CT molecular complexity index is 296. The lowest BCUT2D eigenvalue weighted by Crippen LogP contribution is -2.42. The molecule has 2 saturated heterocycles. The molecule has 2 fully saturated rings. The van der Waals surface area contributed by atoms with Crippen LogP contribution in [0, 0.1) is 0 Å². The summed E-state index contributed by atoms with van der Waals surface area (Å²) >= 11 is 0. The number of aliphatic hydroxyl groups is 2. The predicted molar refractivity (Wildman–Crippen MR) is 55.2 cm³/mol. The van der Waals surface area contributed by atoms with Crippen LogP contribution in [-0.4, -0.2) is 52.3 Å². The minimum Gasteiger partial charge on any atom is -0.390 e. The van der Waals surface area contributed by atoms with E-state index < -0.39 is 25.5 Å². The average Bonchev–Trinajstić information content (AvgIpc) is 2.52. The molecule has 3 N–H and O–H groups in total. The fourth-order valence-corrected chi connectivity index (χ4v) is 3.66. The first-order valence-corrected chi connectivity index (χ1v) is 7.08. The highest BCUT2D eigenvalue weighted by atomic mass is 31.2. The molecule has 0 aromatic rings. The zero-order chi connectivity index (χ0) is 11.8. The van der Waals surface area contributed by atoms with Gasteiger partial charge in [0.15, 0.2) is 0 Å². The first-order valence-electron chi connectivity index (χ1n) is 5.44. The second kappa shape index (κ2) is 4.72. The van der Waals surface area contributed by atoms with E-state index in [4.69, 9.17) is 9.26 Å². The molecule has 0 spiro atoms. The summed E-state index contributed by atoms with van der Waals surface area (Å²) in [6, 6.07) is 0. The van der Waals surface area contributed by atoms with Crippen molar-refractivity contribution in [2.75, 3.05) is 13.2 Å². The molecule has 2 unspecified atom stereocenters. The fraction of sp³-hybridized carbons (Fsp3) is 1.00. The van der Waals surface area contributed by atoms with E-state index in [1.807, 2.05) is 0 Å². The Morgan fingerprint density at radius 1 is 1.31 bits per heavy atom. The number of aliphatic hydroxyl groups excluding tert-OH is 2. The van der Waals surface area contributed by atoms with Gasteiger partial charge in [-0.25, -0.2) is 0 Å². The van der Waals surface area contributed by atoms with Gasteiger partial charge in [0, 0.05) is 6.42 Å². The van der Waals surface area contributed by atoms with Crippen LogP contribution in [0.1, 0.15) is 19.3 Å². The number of hydrogen-bond donors (Lipinski definition) is 3. The maximum atomic E-state index is 11.5. The van der Waals surface area contributed by atoms with Crippen molar-refractivity contribution in [2.45, 2.75) is 43.2 Å². The minimum atomic E-state index is -3.48. The van der Waals surface area contributed by atoms with E-state index in [0.29, 0.717) is 25.9 Å². The molecular formula is C9H17O6P. The molecular weight excluding hydrogens is 235 g/mol. The third-order valence-corrected chi connectivity index (χ3v) is 5.12. The summed E-state index contributed by atoms with van der Waals surface area (Å²) in [5.41, 5.74) is -0.403. The van der Waals surface area contributed by atoms with Gasteiger partial charge in [0.1, 0.15) is 6.10 Å². The Morgan fingerprint density at radius 2 is 2.06 bits per heavy atom. The average molecular weight is 252 g/mol. The summed E-state index contributed by atoms with van der Waals surface area (Å²) in [5.74, 6) is 0. The van der Waals surface area contributed by atoms with Crippen LogP contribution in [0.2, 0.25) is 0 Å². The molecule has 0 aromatic heterocycles. The molecule has 94 valence electrons. The summed E-state index contributed by atoms with van der Waals surface area (Å²) in [4.78, 5) is 9.47. The molecule has 2 heterocycles. The van der Waals surface area contributed by atoms with E-state index >= 15 is 0 Å². The van der Waals surface area contributed by atoms with E-state index in [-0.39, 0.29) is 12.7 Å². The van der Waals surface area contributed by atoms with E-state index in [2.05, 4.69) is 0 Å². The molecule has 0 saturated carbocycles. The highest BCUT2D eigenvalue weighted by molar-refractivity contribution is 7.53. The lowest BCUT2D eigenvalue weighted by atomic mass is 9.99. The quantitative estimate of drug-likeness (QED) is 0.592. The Balaban J connectivity index is 1.88. The third kappa shape index (κ3) is 2.64. The Hall–Kier alpha value is 0.0300. The van der Waals surface area contributed by atoms with Crippen molar-refractivity contribution in [1.82, 2.24) is 0 Å². The normalized spacial score (nSPS) is 49.4. The van der Waals surface area contributed by atoms with Gasteiger partial charge in [-0.05, 0) is 12.8 Å². The molecule has 0 aliphatic carbocycles. The molecule has 7 heteroatoms. The maximum Gasteiger partial charge on any atom is 0.331 e. The van der Waals surface area contributed by atoms with Crippen molar-refractivity contribution >= 4 is 7.60 Å². The molecule has 0 bridgehead atoms. The van der Waals surface area contributed by atoms with Gasteiger partial charge in [-0.1, -0.05) is 0 Å². The van der Waals surface area contributed by atoms with Crippen LogP contribution in [0.25, 0.3) is 0 Å². The molecule has 5 atom stereocenters. The third-order valence-electron chi connectivity index (χ3n) is 3.17.